The predicted octanol–water partition coefficient (Wildman–Crippen LogP) is 3.43. The van der Waals surface area contributed by atoms with E-state index in [1.54, 1.807) is 11.3 Å². The number of thiophene rings is 1. The van der Waals surface area contributed by atoms with Crippen molar-refractivity contribution in [2.24, 2.45) is 0 Å². The van der Waals surface area contributed by atoms with Gasteiger partial charge in [-0.3, -0.25) is 9.69 Å². The molecule has 0 unspecified atom stereocenters. The van der Waals surface area contributed by atoms with Crippen LogP contribution in [0.15, 0.2) is 15.2 Å². The topological polar surface area (TPSA) is 29.5 Å². The third-order valence-electron chi connectivity index (χ3n) is 3.41. The number of carbonyl (C=O) groups excluding carboxylic acids is 1. The van der Waals surface area contributed by atoms with Crippen LogP contribution >= 0.6 is 27.3 Å². The summed E-state index contributed by atoms with van der Waals surface area (Å²) in [5.41, 5.74) is 1.27. The molecular weight excluding hydrogens is 314 g/mol. The number of carbonyl (C=O) groups is 1. The van der Waals surface area contributed by atoms with Crippen LogP contribution in [0.3, 0.4) is 0 Å². The van der Waals surface area contributed by atoms with Crippen LogP contribution in [0.1, 0.15) is 31.2 Å². The number of ether oxygens (including phenoxy) is 1. The average Bonchev–Trinajstić information content (AvgIpc) is 2.99. The molecule has 1 aliphatic carbocycles. The molecule has 0 saturated heterocycles. The first kappa shape index (κ1) is 14.0. The van der Waals surface area contributed by atoms with Crippen LogP contribution in [0.4, 0.5) is 0 Å². The molecule has 100 valence electrons. The molecule has 1 fully saturated rings. The molecule has 0 aromatic carbocycles. The smallest absolute Gasteiger partial charge is 0.319 e. The number of halogens is 1. The maximum absolute atomic E-state index is 11.5. The van der Waals surface area contributed by atoms with Crippen LogP contribution in [-0.2, 0) is 16.1 Å². The Labute approximate surface area is 120 Å². The highest BCUT2D eigenvalue weighted by Crippen LogP contribution is 2.27. The standard InChI is InChI=1S/C13H18BrNO2S/c1-17-13(16)8-15(11-4-2-3-5-11)7-10-6-12(14)18-9-10/h6,9,11H,2-5,7-8H2,1H3. The second-order valence-corrected chi connectivity index (χ2v) is 6.97. The van der Waals surface area contributed by atoms with E-state index in [4.69, 9.17) is 4.74 Å². The van der Waals surface area contributed by atoms with Gasteiger partial charge in [0.05, 0.1) is 17.4 Å². The van der Waals surface area contributed by atoms with Crippen LogP contribution in [0.2, 0.25) is 0 Å². The monoisotopic (exact) mass is 331 g/mol. The average molecular weight is 332 g/mol. The molecule has 1 aliphatic rings. The lowest BCUT2D eigenvalue weighted by Crippen LogP contribution is -2.37. The first-order chi connectivity index (χ1) is 8.69. The second kappa shape index (κ2) is 6.68. The van der Waals surface area contributed by atoms with Gasteiger partial charge < -0.3 is 4.74 Å². The SMILES string of the molecule is COC(=O)CN(Cc1csc(Br)c1)C1CCCC1. The highest BCUT2D eigenvalue weighted by atomic mass is 79.9. The van der Waals surface area contributed by atoms with E-state index < -0.39 is 0 Å². The molecule has 0 aliphatic heterocycles. The molecular formula is C13H18BrNO2S. The van der Waals surface area contributed by atoms with Gasteiger partial charge in [0.25, 0.3) is 0 Å². The van der Waals surface area contributed by atoms with E-state index in [1.807, 2.05) is 0 Å². The molecule has 1 aromatic heterocycles. The summed E-state index contributed by atoms with van der Waals surface area (Å²) in [6.07, 6.45) is 4.94. The maximum Gasteiger partial charge on any atom is 0.319 e. The van der Waals surface area contributed by atoms with Crippen molar-refractivity contribution in [3.63, 3.8) is 0 Å². The summed E-state index contributed by atoms with van der Waals surface area (Å²) >= 11 is 5.17. The van der Waals surface area contributed by atoms with Gasteiger partial charge in [0.1, 0.15) is 0 Å². The van der Waals surface area contributed by atoms with Crippen molar-refractivity contribution in [1.82, 2.24) is 4.90 Å². The number of esters is 1. The minimum atomic E-state index is -0.142. The van der Waals surface area contributed by atoms with Crippen molar-refractivity contribution < 1.29 is 9.53 Å². The Kier molecular flexibility index (Phi) is 5.21. The molecule has 1 saturated carbocycles. The summed E-state index contributed by atoms with van der Waals surface area (Å²) in [5.74, 6) is -0.142. The van der Waals surface area contributed by atoms with Gasteiger partial charge in [0, 0.05) is 12.6 Å². The van der Waals surface area contributed by atoms with Crippen LogP contribution < -0.4 is 0 Å². The van der Waals surface area contributed by atoms with Gasteiger partial charge in [-0.2, -0.15) is 0 Å². The third kappa shape index (κ3) is 3.80. The van der Waals surface area contributed by atoms with Gasteiger partial charge in [-0.25, -0.2) is 0 Å². The Hall–Kier alpha value is -0.390. The van der Waals surface area contributed by atoms with Crippen molar-refractivity contribution in [3.05, 3.63) is 20.8 Å². The Bertz CT molecular complexity index is 401. The Morgan fingerprint density at radius 1 is 1.56 bits per heavy atom. The van der Waals surface area contributed by atoms with E-state index in [0.717, 1.165) is 10.3 Å². The van der Waals surface area contributed by atoms with E-state index in [0.29, 0.717) is 12.6 Å². The molecule has 18 heavy (non-hydrogen) atoms. The summed E-state index contributed by atoms with van der Waals surface area (Å²) in [6, 6.07) is 2.66. The molecule has 0 amide bonds. The number of methoxy groups -OCH3 is 1. The highest BCUT2D eigenvalue weighted by Gasteiger charge is 2.24. The zero-order valence-electron chi connectivity index (χ0n) is 10.5. The Balaban J connectivity index is 2.01. The fourth-order valence-corrected chi connectivity index (χ4v) is 3.68. The molecule has 0 radical (unpaired) electrons. The molecule has 0 atom stereocenters. The zero-order valence-corrected chi connectivity index (χ0v) is 12.9. The molecule has 0 N–H and O–H groups in total. The van der Waals surface area contributed by atoms with Crippen LogP contribution in [0.25, 0.3) is 0 Å². The number of hydrogen-bond acceptors (Lipinski definition) is 4. The Morgan fingerprint density at radius 2 is 2.28 bits per heavy atom. The molecule has 3 nitrogen and oxygen atoms in total. The number of nitrogens with zero attached hydrogens (tertiary/aromatic N) is 1. The van der Waals surface area contributed by atoms with E-state index >= 15 is 0 Å². The summed E-state index contributed by atoms with van der Waals surface area (Å²) in [6.45, 7) is 1.23. The quantitative estimate of drug-likeness (QED) is 0.774. The largest absolute Gasteiger partial charge is 0.468 e. The third-order valence-corrected chi connectivity index (χ3v) is 4.96. The van der Waals surface area contributed by atoms with E-state index in [2.05, 4.69) is 32.3 Å². The minimum absolute atomic E-state index is 0.142. The fourth-order valence-electron chi connectivity index (χ4n) is 2.48. The molecule has 5 heteroatoms. The van der Waals surface area contributed by atoms with Gasteiger partial charge >= 0.3 is 5.97 Å². The van der Waals surface area contributed by atoms with Gasteiger partial charge in [-0.05, 0) is 45.8 Å². The van der Waals surface area contributed by atoms with Crippen LogP contribution in [0.5, 0.6) is 0 Å². The lowest BCUT2D eigenvalue weighted by atomic mass is 10.2. The predicted molar refractivity (Wildman–Crippen MR) is 76.7 cm³/mol. The second-order valence-electron chi connectivity index (χ2n) is 4.68. The minimum Gasteiger partial charge on any atom is -0.468 e. The first-order valence-corrected chi connectivity index (χ1v) is 7.90. The van der Waals surface area contributed by atoms with Crippen molar-refractivity contribution in [2.45, 2.75) is 38.3 Å². The molecule has 0 bridgehead atoms. The van der Waals surface area contributed by atoms with E-state index in [9.17, 15) is 4.79 Å². The van der Waals surface area contributed by atoms with Crippen molar-refractivity contribution >= 4 is 33.2 Å². The van der Waals surface area contributed by atoms with Crippen LogP contribution in [0, 0.1) is 0 Å². The molecule has 2 rings (SSSR count). The van der Waals surface area contributed by atoms with Gasteiger partial charge in [-0.1, -0.05) is 12.8 Å². The van der Waals surface area contributed by atoms with Gasteiger partial charge in [-0.15, -0.1) is 11.3 Å². The van der Waals surface area contributed by atoms with Crippen LogP contribution in [-0.4, -0.2) is 30.6 Å². The first-order valence-electron chi connectivity index (χ1n) is 6.23. The van der Waals surface area contributed by atoms with Gasteiger partial charge in [0.2, 0.25) is 0 Å². The van der Waals surface area contributed by atoms with Crippen molar-refractivity contribution in [1.29, 1.82) is 0 Å². The molecule has 0 spiro atoms. The summed E-state index contributed by atoms with van der Waals surface area (Å²) in [7, 11) is 1.45. The fraction of sp³-hybridized carbons (Fsp3) is 0.615. The lowest BCUT2D eigenvalue weighted by molar-refractivity contribution is -0.142. The van der Waals surface area contributed by atoms with E-state index in [-0.39, 0.29) is 5.97 Å². The van der Waals surface area contributed by atoms with Gasteiger partial charge in [0.15, 0.2) is 0 Å². The van der Waals surface area contributed by atoms with Crippen molar-refractivity contribution in [2.75, 3.05) is 13.7 Å². The summed E-state index contributed by atoms with van der Waals surface area (Å²) in [5, 5.41) is 2.14. The zero-order chi connectivity index (χ0) is 13.0. The number of hydrogen-bond donors (Lipinski definition) is 0. The molecule has 1 aromatic rings. The number of rotatable bonds is 5. The maximum atomic E-state index is 11.5. The molecule has 1 heterocycles. The summed E-state index contributed by atoms with van der Waals surface area (Å²) in [4.78, 5) is 13.8. The Morgan fingerprint density at radius 3 is 2.83 bits per heavy atom. The van der Waals surface area contributed by atoms with Crippen molar-refractivity contribution in [3.8, 4) is 0 Å². The highest BCUT2D eigenvalue weighted by molar-refractivity contribution is 9.11. The summed E-state index contributed by atoms with van der Waals surface area (Å²) < 4.78 is 5.94. The lowest BCUT2D eigenvalue weighted by Gasteiger charge is -2.27. The van der Waals surface area contributed by atoms with E-state index in [1.165, 1.54) is 38.4 Å². The normalized spacial score (nSPS) is 16.4.